The van der Waals surface area contributed by atoms with Gasteiger partial charge in [-0.1, -0.05) is 54.6 Å². The number of carbonyl (C=O) groups excluding carboxylic acids is 1. The summed E-state index contributed by atoms with van der Waals surface area (Å²) in [6.07, 6.45) is 2.12. The van der Waals surface area contributed by atoms with Crippen molar-refractivity contribution in [2.45, 2.75) is 36.7 Å². The molecule has 2 aliphatic rings. The van der Waals surface area contributed by atoms with Crippen LogP contribution in [0, 0.1) is 0 Å². The van der Waals surface area contributed by atoms with Crippen LogP contribution in [0.25, 0.3) is 11.1 Å². The number of hydrogen-bond acceptors (Lipinski definition) is 4. The predicted octanol–water partition coefficient (Wildman–Crippen LogP) is 5.40. The van der Waals surface area contributed by atoms with Crippen LogP contribution in [0.2, 0.25) is 0 Å². The Kier molecular flexibility index (Phi) is 5.91. The lowest BCUT2D eigenvalue weighted by Crippen LogP contribution is -2.46. The number of sulfonamides is 1. The quantitative estimate of drug-likeness (QED) is 0.495. The summed E-state index contributed by atoms with van der Waals surface area (Å²) in [5, 5.41) is 0. The summed E-state index contributed by atoms with van der Waals surface area (Å²) in [5.41, 5.74) is 2.89. The third-order valence-electron chi connectivity index (χ3n) is 6.78. The van der Waals surface area contributed by atoms with Gasteiger partial charge in [0.1, 0.15) is 5.60 Å². The Morgan fingerprint density at radius 1 is 0.824 bits per heavy atom. The van der Waals surface area contributed by atoms with Gasteiger partial charge in [-0.2, -0.15) is 4.31 Å². The Morgan fingerprint density at radius 2 is 1.53 bits per heavy atom. The zero-order chi connectivity index (χ0) is 23.8. The number of benzene rings is 3. The predicted molar refractivity (Wildman–Crippen MR) is 132 cm³/mol. The molecule has 6 nitrogen and oxygen atoms in total. The van der Waals surface area contributed by atoms with E-state index in [-0.39, 0.29) is 6.09 Å². The fourth-order valence-electron chi connectivity index (χ4n) is 4.69. The minimum absolute atomic E-state index is 0.314. The van der Waals surface area contributed by atoms with Gasteiger partial charge in [-0.15, -0.1) is 0 Å². The van der Waals surface area contributed by atoms with Crippen LogP contribution >= 0.6 is 0 Å². The van der Waals surface area contributed by atoms with Gasteiger partial charge in [-0.25, -0.2) is 13.2 Å². The lowest BCUT2D eigenvalue weighted by molar-refractivity contribution is 0.00582. The Morgan fingerprint density at radius 3 is 2.21 bits per heavy atom. The number of cyclic esters (lactones) is 1. The van der Waals surface area contributed by atoms with E-state index in [0.29, 0.717) is 31.0 Å². The maximum Gasteiger partial charge on any atom is 0.415 e. The summed E-state index contributed by atoms with van der Waals surface area (Å²) in [4.78, 5) is 14.9. The molecule has 0 radical (unpaired) electrons. The van der Waals surface area contributed by atoms with Crippen LogP contribution in [0.15, 0.2) is 83.8 Å². The highest BCUT2D eigenvalue weighted by Crippen LogP contribution is 2.36. The van der Waals surface area contributed by atoms with E-state index in [1.807, 2.05) is 73.7 Å². The molecule has 0 saturated carbocycles. The first-order chi connectivity index (χ1) is 16.4. The Bertz CT molecular complexity index is 1290. The Hall–Kier alpha value is -3.16. The molecule has 1 atom stereocenters. The minimum Gasteiger partial charge on any atom is -0.438 e. The molecule has 34 heavy (non-hydrogen) atoms. The summed E-state index contributed by atoms with van der Waals surface area (Å²) in [7, 11) is -3.44. The third-order valence-corrected chi connectivity index (χ3v) is 8.69. The van der Waals surface area contributed by atoms with E-state index in [4.69, 9.17) is 4.74 Å². The van der Waals surface area contributed by atoms with Crippen LogP contribution in [-0.2, 0) is 20.4 Å². The lowest BCUT2D eigenvalue weighted by Gasteiger charge is -2.39. The van der Waals surface area contributed by atoms with Crippen LogP contribution in [0.3, 0.4) is 0 Å². The first-order valence-electron chi connectivity index (χ1n) is 11.6. The molecule has 0 spiro atoms. The maximum absolute atomic E-state index is 12.9. The van der Waals surface area contributed by atoms with Gasteiger partial charge in [0.2, 0.25) is 10.0 Å². The molecule has 2 fully saturated rings. The minimum atomic E-state index is -3.44. The third kappa shape index (κ3) is 4.21. The Labute approximate surface area is 200 Å². The molecule has 2 aliphatic heterocycles. The fraction of sp³-hybridized carbons (Fsp3) is 0.296. The van der Waals surface area contributed by atoms with E-state index < -0.39 is 15.6 Å². The van der Waals surface area contributed by atoms with Crippen molar-refractivity contribution < 1.29 is 17.9 Å². The zero-order valence-corrected chi connectivity index (χ0v) is 20.0. The van der Waals surface area contributed by atoms with Crippen molar-refractivity contribution in [3.05, 3.63) is 84.4 Å². The van der Waals surface area contributed by atoms with Crippen molar-refractivity contribution in [2.24, 2.45) is 0 Å². The number of amides is 1. The molecule has 1 unspecified atom stereocenters. The van der Waals surface area contributed by atoms with E-state index in [0.717, 1.165) is 35.2 Å². The molecule has 2 heterocycles. The number of hydrogen-bond donors (Lipinski definition) is 0. The average Bonchev–Trinajstić information content (AvgIpc) is 3.41. The van der Waals surface area contributed by atoms with Gasteiger partial charge in [0, 0.05) is 31.7 Å². The SMILES string of the molecule is CC1(c2ccccc2)CCN(c2cccc(-c3ccc(S(=O)(=O)N4CCCC4)cc3)c2)C(=O)O1. The molecule has 7 heteroatoms. The summed E-state index contributed by atoms with van der Waals surface area (Å²) >= 11 is 0. The van der Waals surface area contributed by atoms with Crippen LogP contribution < -0.4 is 4.90 Å². The van der Waals surface area contributed by atoms with Crippen LogP contribution in [-0.4, -0.2) is 38.5 Å². The Balaban J connectivity index is 1.35. The highest BCUT2D eigenvalue weighted by atomic mass is 32.2. The van der Waals surface area contributed by atoms with Crippen LogP contribution in [0.1, 0.15) is 31.7 Å². The summed E-state index contributed by atoms with van der Waals surface area (Å²) in [6, 6.07) is 24.5. The number of carbonyl (C=O) groups is 1. The van der Waals surface area contributed by atoms with Gasteiger partial charge < -0.3 is 4.74 Å². The molecular formula is C27H28N2O4S. The van der Waals surface area contributed by atoms with E-state index in [1.54, 1.807) is 21.3 Å². The standard InChI is InChI=1S/C27H28N2O4S/c1-27(23-9-3-2-4-10-23)16-19-29(26(30)33-27)24-11-7-8-22(20-24)21-12-14-25(15-13-21)34(31,32)28-17-5-6-18-28/h2-4,7-15,20H,5-6,16-19H2,1H3. The number of rotatable bonds is 5. The van der Waals surface area contributed by atoms with Gasteiger partial charge in [-0.3, -0.25) is 4.90 Å². The van der Waals surface area contributed by atoms with Gasteiger partial charge in [0.15, 0.2) is 0 Å². The monoisotopic (exact) mass is 476 g/mol. The van der Waals surface area contributed by atoms with Crippen molar-refractivity contribution in [3.8, 4) is 11.1 Å². The second-order valence-electron chi connectivity index (χ2n) is 9.05. The largest absolute Gasteiger partial charge is 0.438 e. The molecule has 0 N–H and O–H groups in total. The molecule has 176 valence electrons. The highest BCUT2D eigenvalue weighted by molar-refractivity contribution is 7.89. The first kappa shape index (κ1) is 22.6. The highest BCUT2D eigenvalue weighted by Gasteiger charge is 2.38. The molecule has 3 aromatic rings. The van der Waals surface area contributed by atoms with E-state index in [1.165, 1.54) is 0 Å². The van der Waals surface area contributed by atoms with Gasteiger partial charge in [-0.05, 0) is 60.7 Å². The van der Waals surface area contributed by atoms with E-state index in [2.05, 4.69) is 0 Å². The fourth-order valence-corrected chi connectivity index (χ4v) is 6.21. The topological polar surface area (TPSA) is 66.9 Å². The molecule has 1 amide bonds. The second kappa shape index (κ2) is 8.89. The maximum atomic E-state index is 12.9. The van der Waals surface area contributed by atoms with Crippen molar-refractivity contribution >= 4 is 21.8 Å². The molecule has 0 aromatic heterocycles. The number of ether oxygens (including phenoxy) is 1. The van der Waals surface area contributed by atoms with Gasteiger partial charge in [0.05, 0.1) is 4.90 Å². The van der Waals surface area contributed by atoms with Crippen LogP contribution in [0.4, 0.5) is 10.5 Å². The van der Waals surface area contributed by atoms with Gasteiger partial charge in [0.25, 0.3) is 0 Å². The average molecular weight is 477 g/mol. The first-order valence-corrected chi connectivity index (χ1v) is 13.1. The van der Waals surface area contributed by atoms with E-state index in [9.17, 15) is 13.2 Å². The van der Waals surface area contributed by atoms with Crippen molar-refractivity contribution in [3.63, 3.8) is 0 Å². The molecule has 3 aromatic carbocycles. The molecular weight excluding hydrogens is 448 g/mol. The van der Waals surface area contributed by atoms with Crippen molar-refractivity contribution in [1.29, 1.82) is 0 Å². The smallest absolute Gasteiger partial charge is 0.415 e. The van der Waals surface area contributed by atoms with Crippen molar-refractivity contribution in [2.75, 3.05) is 24.5 Å². The lowest BCUT2D eigenvalue weighted by atomic mass is 9.91. The summed E-state index contributed by atoms with van der Waals surface area (Å²) in [5.74, 6) is 0. The second-order valence-corrected chi connectivity index (χ2v) is 11.0. The van der Waals surface area contributed by atoms with Crippen LogP contribution in [0.5, 0.6) is 0 Å². The molecule has 0 aliphatic carbocycles. The number of nitrogens with zero attached hydrogens (tertiary/aromatic N) is 2. The van der Waals surface area contributed by atoms with E-state index >= 15 is 0 Å². The molecule has 0 bridgehead atoms. The zero-order valence-electron chi connectivity index (χ0n) is 19.2. The van der Waals surface area contributed by atoms with Gasteiger partial charge >= 0.3 is 6.09 Å². The number of anilines is 1. The van der Waals surface area contributed by atoms with Crippen molar-refractivity contribution in [1.82, 2.24) is 4.31 Å². The molecule has 5 rings (SSSR count). The molecule has 2 saturated heterocycles. The summed E-state index contributed by atoms with van der Waals surface area (Å²) < 4.78 is 33.0. The normalized spacial score (nSPS) is 21.4. The summed E-state index contributed by atoms with van der Waals surface area (Å²) in [6.45, 7) is 3.66.